The number of rotatable bonds is 8. The molecule has 90 valence electrons. The van der Waals surface area contributed by atoms with Crippen LogP contribution >= 0.6 is 0 Å². The van der Waals surface area contributed by atoms with Crippen molar-refractivity contribution in [3.8, 4) is 0 Å². The molecule has 0 rings (SSSR count). The molecular formula is C11H23NO2S. The highest BCUT2D eigenvalue weighted by molar-refractivity contribution is 7.91. The molecule has 0 bridgehead atoms. The fourth-order valence-corrected chi connectivity index (χ4v) is 2.38. The smallest absolute Gasteiger partial charge is 0.150 e. The van der Waals surface area contributed by atoms with Crippen LogP contribution < -0.4 is 5.32 Å². The molecule has 0 aliphatic rings. The first-order chi connectivity index (χ1) is 6.89. The SMILES string of the molecule is C=CC(C)(CCCS(=O)(=O)CC)CNC. The monoisotopic (exact) mass is 233 g/mol. The maximum Gasteiger partial charge on any atom is 0.150 e. The average Bonchev–Trinajstić information content (AvgIpc) is 2.18. The van der Waals surface area contributed by atoms with Gasteiger partial charge >= 0.3 is 0 Å². The Hall–Kier alpha value is -0.350. The lowest BCUT2D eigenvalue weighted by Crippen LogP contribution is -2.28. The fourth-order valence-electron chi connectivity index (χ4n) is 1.51. The number of hydrogen-bond donors (Lipinski definition) is 1. The zero-order valence-electron chi connectivity index (χ0n) is 10.0. The second-order valence-corrected chi connectivity index (χ2v) is 6.70. The number of hydrogen-bond acceptors (Lipinski definition) is 3. The molecule has 0 aromatic carbocycles. The van der Waals surface area contributed by atoms with E-state index in [1.54, 1.807) is 6.92 Å². The van der Waals surface area contributed by atoms with Crippen LogP contribution in [-0.4, -0.2) is 33.5 Å². The molecule has 0 amide bonds. The van der Waals surface area contributed by atoms with E-state index in [1.807, 2.05) is 13.1 Å². The summed E-state index contributed by atoms with van der Waals surface area (Å²) in [5, 5.41) is 3.10. The van der Waals surface area contributed by atoms with Gasteiger partial charge in [0.15, 0.2) is 0 Å². The van der Waals surface area contributed by atoms with Gasteiger partial charge in [-0.1, -0.05) is 19.9 Å². The normalized spacial score (nSPS) is 15.9. The van der Waals surface area contributed by atoms with Crippen LogP contribution in [0.3, 0.4) is 0 Å². The van der Waals surface area contributed by atoms with E-state index in [2.05, 4.69) is 18.8 Å². The van der Waals surface area contributed by atoms with Crippen LogP contribution in [0.25, 0.3) is 0 Å². The molecule has 0 heterocycles. The molecule has 3 nitrogen and oxygen atoms in total. The molecule has 0 spiro atoms. The molecule has 15 heavy (non-hydrogen) atoms. The van der Waals surface area contributed by atoms with E-state index in [0.717, 1.165) is 13.0 Å². The molecule has 0 radical (unpaired) electrons. The maximum atomic E-state index is 11.3. The quantitative estimate of drug-likeness (QED) is 0.648. The molecular weight excluding hydrogens is 210 g/mol. The van der Waals surface area contributed by atoms with Crippen molar-refractivity contribution in [2.45, 2.75) is 26.7 Å². The molecule has 1 N–H and O–H groups in total. The van der Waals surface area contributed by atoms with Gasteiger partial charge in [0.25, 0.3) is 0 Å². The molecule has 4 heteroatoms. The van der Waals surface area contributed by atoms with Crippen molar-refractivity contribution >= 4 is 9.84 Å². The van der Waals surface area contributed by atoms with E-state index >= 15 is 0 Å². The van der Waals surface area contributed by atoms with E-state index in [1.165, 1.54) is 0 Å². The van der Waals surface area contributed by atoms with Gasteiger partial charge in [-0.25, -0.2) is 8.42 Å². The van der Waals surface area contributed by atoms with Crippen molar-refractivity contribution in [2.75, 3.05) is 25.1 Å². The first-order valence-electron chi connectivity index (χ1n) is 5.38. The van der Waals surface area contributed by atoms with Crippen LogP contribution in [0.4, 0.5) is 0 Å². The highest BCUT2D eigenvalue weighted by Gasteiger charge is 2.19. The van der Waals surface area contributed by atoms with E-state index in [0.29, 0.717) is 6.42 Å². The van der Waals surface area contributed by atoms with Crippen LogP contribution in [0.5, 0.6) is 0 Å². The fraction of sp³-hybridized carbons (Fsp3) is 0.818. The highest BCUT2D eigenvalue weighted by atomic mass is 32.2. The Balaban J connectivity index is 4.08. The van der Waals surface area contributed by atoms with Gasteiger partial charge < -0.3 is 5.32 Å². The number of sulfone groups is 1. The first-order valence-corrected chi connectivity index (χ1v) is 7.20. The van der Waals surface area contributed by atoms with Crippen LogP contribution in [0.1, 0.15) is 26.7 Å². The van der Waals surface area contributed by atoms with Crippen LogP contribution in [-0.2, 0) is 9.84 Å². The second-order valence-electron chi connectivity index (χ2n) is 4.23. The molecule has 0 aromatic heterocycles. The summed E-state index contributed by atoms with van der Waals surface area (Å²) >= 11 is 0. The van der Waals surface area contributed by atoms with Crippen molar-refractivity contribution < 1.29 is 8.42 Å². The average molecular weight is 233 g/mol. The Morgan fingerprint density at radius 1 is 1.47 bits per heavy atom. The third-order valence-electron chi connectivity index (χ3n) is 2.72. The molecule has 0 fully saturated rings. The molecule has 0 saturated carbocycles. The van der Waals surface area contributed by atoms with Crippen molar-refractivity contribution in [1.82, 2.24) is 5.32 Å². The second kappa shape index (κ2) is 6.28. The highest BCUT2D eigenvalue weighted by Crippen LogP contribution is 2.23. The summed E-state index contributed by atoms with van der Waals surface area (Å²) in [6.45, 7) is 8.42. The van der Waals surface area contributed by atoms with Gasteiger partial charge in [-0.2, -0.15) is 0 Å². The van der Waals surface area contributed by atoms with Gasteiger partial charge in [-0.05, 0) is 25.3 Å². The predicted molar refractivity (Wildman–Crippen MR) is 65.8 cm³/mol. The van der Waals surface area contributed by atoms with Gasteiger partial charge in [0.2, 0.25) is 0 Å². The predicted octanol–water partition coefficient (Wildman–Crippen LogP) is 1.61. The summed E-state index contributed by atoms with van der Waals surface area (Å²) in [6.07, 6.45) is 3.47. The van der Waals surface area contributed by atoms with E-state index in [-0.39, 0.29) is 16.9 Å². The molecule has 1 unspecified atom stereocenters. The molecule has 1 atom stereocenters. The molecule has 0 aromatic rings. The van der Waals surface area contributed by atoms with Crippen molar-refractivity contribution in [3.05, 3.63) is 12.7 Å². The van der Waals surface area contributed by atoms with Crippen molar-refractivity contribution in [3.63, 3.8) is 0 Å². The third-order valence-corrected chi connectivity index (χ3v) is 4.51. The summed E-state index contributed by atoms with van der Waals surface area (Å²) in [5.74, 6) is 0.528. The zero-order chi connectivity index (χ0) is 11.9. The summed E-state index contributed by atoms with van der Waals surface area (Å²) in [4.78, 5) is 0. The Labute approximate surface area is 93.9 Å². The van der Waals surface area contributed by atoms with Gasteiger partial charge in [0.05, 0.1) is 5.75 Å². The standard InChI is InChI=1S/C11H23NO2S/c1-5-11(3,10-12-4)8-7-9-15(13,14)6-2/h5,12H,1,6-10H2,2-4H3. The minimum absolute atomic E-state index is 0.00197. The van der Waals surface area contributed by atoms with Gasteiger partial charge in [0.1, 0.15) is 9.84 Å². The third kappa shape index (κ3) is 5.95. The Morgan fingerprint density at radius 2 is 2.07 bits per heavy atom. The molecule has 0 aliphatic carbocycles. The van der Waals surface area contributed by atoms with Gasteiger partial charge in [-0.3, -0.25) is 0 Å². The zero-order valence-corrected chi connectivity index (χ0v) is 10.9. The van der Waals surface area contributed by atoms with E-state index < -0.39 is 9.84 Å². The summed E-state index contributed by atoms with van der Waals surface area (Å²) in [7, 11) is -0.926. The Morgan fingerprint density at radius 3 is 2.47 bits per heavy atom. The Bertz CT molecular complexity index is 285. The topological polar surface area (TPSA) is 46.2 Å². The van der Waals surface area contributed by atoms with Crippen LogP contribution in [0.15, 0.2) is 12.7 Å². The lowest BCUT2D eigenvalue weighted by atomic mass is 9.86. The maximum absolute atomic E-state index is 11.3. The summed E-state index contributed by atoms with van der Waals surface area (Å²) in [6, 6.07) is 0. The van der Waals surface area contributed by atoms with Crippen LogP contribution in [0.2, 0.25) is 0 Å². The largest absolute Gasteiger partial charge is 0.319 e. The molecule has 0 saturated heterocycles. The Kier molecular flexibility index (Phi) is 6.13. The lowest BCUT2D eigenvalue weighted by molar-refractivity contribution is 0.373. The lowest BCUT2D eigenvalue weighted by Gasteiger charge is -2.25. The number of nitrogens with one attached hydrogen (secondary N) is 1. The minimum Gasteiger partial charge on any atom is -0.319 e. The van der Waals surface area contributed by atoms with Crippen molar-refractivity contribution in [2.24, 2.45) is 5.41 Å². The van der Waals surface area contributed by atoms with Gasteiger partial charge in [-0.15, -0.1) is 6.58 Å². The summed E-state index contributed by atoms with van der Waals surface area (Å²) in [5.41, 5.74) is -0.00197. The van der Waals surface area contributed by atoms with Crippen LogP contribution in [0, 0.1) is 5.41 Å². The van der Waals surface area contributed by atoms with Gasteiger partial charge in [0, 0.05) is 12.3 Å². The van der Waals surface area contributed by atoms with Crippen molar-refractivity contribution in [1.29, 1.82) is 0 Å². The molecule has 0 aliphatic heterocycles. The van der Waals surface area contributed by atoms with E-state index in [4.69, 9.17) is 0 Å². The summed E-state index contributed by atoms with van der Waals surface area (Å²) < 4.78 is 22.6. The first kappa shape index (κ1) is 14.6. The van der Waals surface area contributed by atoms with E-state index in [9.17, 15) is 8.42 Å². The minimum atomic E-state index is -2.82.